The minimum Gasteiger partial charge on any atom is -0.497 e. The molecule has 3 heteroatoms. The zero-order valence-corrected chi connectivity index (χ0v) is 12.0. The maximum Gasteiger partial charge on any atom is 0.119 e. The highest BCUT2D eigenvalue weighted by Gasteiger charge is 2.49. The molecule has 0 amide bonds. The number of likely N-dealkylation sites (N-methyl/N-ethyl adjacent to an activating group) is 1. The molecule has 0 saturated carbocycles. The lowest BCUT2D eigenvalue weighted by Crippen LogP contribution is -2.58. The summed E-state index contributed by atoms with van der Waals surface area (Å²) < 4.78 is 5.38. The van der Waals surface area contributed by atoms with E-state index in [0.717, 1.165) is 25.1 Å². The molecular weight excluding hydrogens is 238 g/mol. The second-order valence-electron chi connectivity index (χ2n) is 6.23. The van der Waals surface area contributed by atoms with Gasteiger partial charge in [-0.2, -0.15) is 0 Å². The highest BCUT2D eigenvalue weighted by Crippen LogP contribution is 2.48. The van der Waals surface area contributed by atoms with Crippen molar-refractivity contribution in [3.05, 3.63) is 29.3 Å². The molecule has 2 bridgehead atoms. The number of likely N-dealkylation sites (tertiary alicyclic amines) is 1. The summed E-state index contributed by atoms with van der Waals surface area (Å²) >= 11 is 0. The largest absolute Gasteiger partial charge is 0.497 e. The maximum absolute atomic E-state index is 9.87. The molecule has 0 spiro atoms. The predicted octanol–water partition coefficient (Wildman–Crippen LogP) is 1.82. The minimum atomic E-state index is 0.0774. The third-order valence-corrected chi connectivity index (χ3v) is 5.39. The zero-order chi connectivity index (χ0) is 13.6. The van der Waals surface area contributed by atoms with Crippen molar-refractivity contribution in [3.8, 4) is 5.75 Å². The fourth-order valence-corrected chi connectivity index (χ4v) is 4.06. The highest BCUT2D eigenvalue weighted by atomic mass is 16.5. The Labute approximate surface area is 115 Å². The molecule has 1 fully saturated rings. The van der Waals surface area contributed by atoms with E-state index in [2.05, 4.69) is 37.1 Å². The Balaban J connectivity index is 2.13. The van der Waals surface area contributed by atoms with E-state index in [1.165, 1.54) is 11.1 Å². The number of hydrogen-bond acceptors (Lipinski definition) is 3. The van der Waals surface area contributed by atoms with Gasteiger partial charge in [-0.15, -0.1) is 0 Å². The van der Waals surface area contributed by atoms with Crippen LogP contribution in [0.2, 0.25) is 0 Å². The molecule has 1 unspecified atom stereocenters. The summed E-state index contributed by atoms with van der Waals surface area (Å²) in [7, 11) is 3.90. The topological polar surface area (TPSA) is 32.7 Å². The van der Waals surface area contributed by atoms with Crippen molar-refractivity contribution in [2.75, 3.05) is 27.3 Å². The summed E-state index contributed by atoms with van der Waals surface area (Å²) in [6.07, 6.45) is 2.14. The van der Waals surface area contributed by atoms with Crippen molar-refractivity contribution in [2.24, 2.45) is 5.92 Å². The smallest absolute Gasteiger partial charge is 0.119 e. The molecule has 3 rings (SSSR count). The molecule has 0 radical (unpaired) electrons. The first-order valence-electron chi connectivity index (χ1n) is 7.08. The van der Waals surface area contributed by atoms with E-state index in [0.29, 0.717) is 12.0 Å². The van der Waals surface area contributed by atoms with E-state index in [-0.39, 0.29) is 12.0 Å². The SMILES string of the molecule is COc1ccc2c(c1)[C@@]1(C)CCN(C)C(C2)[C@H]1CO. The quantitative estimate of drug-likeness (QED) is 0.881. The van der Waals surface area contributed by atoms with Gasteiger partial charge in [-0.25, -0.2) is 0 Å². The number of ether oxygens (including phenoxy) is 1. The molecule has 2 aliphatic rings. The van der Waals surface area contributed by atoms with E-state index in [1.807, 2.05) is 0 Å². The molecule has 1 heterocycles. The fourth-order valence-electron chi connectivity index (χ4n) is 4.06. The van der Waals surface area contributed by atoms with Crippen molar-refractivity contribution in [1.29, 1.82) is 0 Å². The number of methoxy groups -OCH3 is 1. The maximum atomic E-state index is 9.87. The van der Waals surface area contributed by atoms with Gasteiger partial charge in [0.1, 0.15) is 5.75 Å². The molecule has 104 valence electrons. The Morgan fingerprint density at radius 2 is 2.26 bits per heavy atom. The fraction of sp³-hybridized carbons (Fsp3) is 0.625. The number of aliphatic hydroxyl groups is 1. The number of piperidine rings is 1. The van der Waals surface area contributed by atoms with Crippen LogP contribution < -0.4 is 4.74 Å². The van der Waals surface area contributed by atoms with Gasteiger partial charge in [-0.1, -0.05) is 13.0 Å². The van der Waals surface area contributed by atoms with Crippen LogP contribution in [0.25, 0.3) is 0 Å². The number of fused-ring (bicyclic) bond motifs is 4. The summed E-state index contributed by atoms with van der Waals surface area (Å²) in [6.45, 7) is 3.68. The van der Waals surface area contributed by atoms with E-state index in [9.17, 15) is 5.11 Å². The van der Waals surface area contributed by atoms with Crippen LogP contribution in [0.15, 0.2) is 18.2 Å². The van der Waals surface area contributed by atoms with Crippen LogP contribution in [-0.2, 0) is 11.8 Å². The molecular formula is C16H23NO2. The van der Waals surface area contributed by atoms with Crippen LogP contribution in [0.4, 0.5) is 0 Å². The van der Waals surface area contributed by atoms with E-state index in [4.69, 9.17) is 4.74 Å². The van der Waals surface area contributed by atoms with E-state index < -0.39 is 0 Å². The third-order valence-electron chi connectivity index (χ3n) is 5.39. The van der Waals surface area contributed by atoms with Gasteiger partial charge in [0, 0.05) is 24.0 Å². The number of hydrogen-bond donors (Lipinski definition) is 1. The van der Waals surface area contributed by atoms with Crippen molar-refractivity contribution >= 4 is 0 Å². The molecule has 1 aromatic carbocycles. The minimum absolute atomic E-state index is 0.0774. The van der Waals surface area contributed by atoms with Gasteiger partial charge >= 0.3 is 0 Å². The van der Waals surface area contributed by atoms with Crippen LogP contribution in [-0.4, -0.2) is 43.4 Å². The number of rotatable bonds is 2. The van der Waals surface area contributed by atoms with Gasteiger partial charge in [0.2, 0.25) is 0 Å². The number of benzene rings is 1. The molecule has 1 N–H and O–H groups in total. The Morgan fingerprint density at radius 1 is 1.47 bits per heavy atom. The second kappa shape index (κ2) is 4.50. The Kier molecular flexibility index (Phi) is 3.06. The Hall–Kier alpha value is -1.06. The number of nitrogens with zero attached hydrogens (tertiary/aromatic N) is 1. The van der Waals surface area contributed by atoms with Gasteiger partial charge in [0.25, 0.3) is 0 Å². The summed E-state index contributed by atoms with van der Waals surface area (Å²) in [5.41, 5.74) is 2.88. The van der Waals surface area contributed by atoms with Crippen molar-refractivity contribution in [2.45, 2.75) is 31.2 Å². The summed E-state index contributed by atoms with van der Waals surface area (Å²) in [4.78, 5) is 2.41. The normalized spacial score (nSPS) is 33.9. The first-order chi connectivity index (χ1) is 9.10. The Bertz CT molecular complexity index is 488. The van der Waals surface area contributed by atoms with Crippen LogP contribution in [0.5, 0.6) is 5.75 Å². The second-order valence-corrected chi connectivity index (χ2v) is 6.23. The molecule has 1 aliphatic carbocycles. The summed E-state index contributed by atoms with van der Waals surface area (Å²) in [5, 5.41) is 9.87. The van der Waals surface area contributed by atoms with E-state index >= 15 is 0 Å². The van der Waals surface area contributed by atoms with Gasteiger partial charge in [0.15, 0.2) is 0 Å². The molecule has 1 aromatic rings. The van der Waals surface area contributed by atoms with Gasteiger partial charge in [0.05, 0.1) is 7.11 Å². The molecule has 3 nitrogen and oxygen atoms in total. The van der Waals surface area contributed by atoms with Crippen molar-refractivity contribution < 1.29 is 9.84 Å². The van der Waals surface area contributed by atoms with Crippen molar-refractivity contribution in [1.82, 2.24) is 4.90 Å². The van der Waals surface area contributed by atoms with Crippen LogP contribution >= 0.6 is 0 Å². The monoisotopic (exact) mass is 261 g/mol. The van der Waals surface area contributed by atoms with Gasteiger partial charge < -0.3 is 14.7 Å². The first kappa shape index (κ1) is 12.9. The number of aliphatic hydroxyl groups excluding tert-OH is 1. The average Bonchev–Trinajstić information content (AvgIpc) is 2.43. The standard InChI is InChI=1S/C16H23NO2/c1-16-6-7-17(2)15(14(16)10-18)8-11-4-5-12(19-3)9-13(11)16/h4-5,9,14-15,18H,6-8,10H2,1-3H3/t14-,15?,16-/m1/s1. The summed E-state index contributed by atoms with van der Waals surface area (Å²) in [6, 6.07) is 6.90. The molecule has 19 heavy (non-hydrogen) atoms. The van der Waals surface area contributed by atoms with Gasteiger partial charge in [-0.05, 0) is 49.7 Å². The zero-order valence-electron chi connectivity index (χ0n) is 12.0. The average molecular weight is 261 g/mol. The lowest BCUT2D eigenvalue weighted by molar-refractivity contribution is 0.00558. The van der Waals surface area contributed by atoms with Crippen LogP contribution in [0.1, 0.15) is 24.5 Å². The van der Waals surface area contributed by atoms with Crippen molar-refractivity contribution in [3.63, 3.8) is 0 Å². The molecule has 1 aliphatic heterocycles. The molecule has 0 aromatic heterocycles. The molecule has 1 saturated heterocycles. The first-order valence-corrected chi connectivity index (χ1v) is 7.08. The van der Waals surface area contributed by atoms with Gasteiger partial charge in [-0.3, -0.25) is 0 Å². The van der Waals surface area contributed by atoms with Crippen LogP contribution in [0.3, 0.4) is 0 Å². The lowest BCUT2D eigenvalue weighted by atomic mass is 9.58. The molecule has 3 atom stereocenters. The predicted molar refractivity (Wildman–Crippen MR) is 75.7 cm³/mol. The third kappa shape index (κ3) is 1.79. The van der Waals surface area contributed by atoms with Crippen LogP contribution in [0, 0.1) is 5.92 Å². The van der Waals surface area contributed by atoms with E-state index in [1.54, 1.807) is 7.11 Å². The lowest BCUT2D eigenvalue weighted by Gasteiger charge is -2.54. The highest BCUT2D eigenvalue weighted by molar-refractivity contribution is 5.44. The Morgan fingerprint density at radius 3 is 2.95 bits per heavy atom. The summed E-state index contributed by atoms with van der Waals surface area (Å²) in [5.74, 6) is 1.25.